The Morgan fingerprint density at radius 1 is 1.53 bits per heavy atom. The van der Waals surface area contributed by atoms with E-state index in [1.54, 1.807) is 31.2 Å². The summed E-state index contributed by atoms with van der Waals surface area (Å²) in [5, 5.41) is 11.2. The highest BCUT2D eigenvalue weighted by Crippen LogP contribution is 2.18. The van der Waals surface area contributed by atoms with Crippen LogP contribution in [0, 0.1) is 0 Å². The van der Waals surface area contributed by atoms with E-state index in [-0.39, 0.29) is 6.61 Å². The van der Waals surface area contributed by atoms with Gasteiger partial charge in [-0.3, -0.25) is 10.1 Å². The second kappa shape index (κ2) is 5.86. The van der Waals surface area contributed by atoms with Gasteiger partial charge in [0, 0.05) is 0 Å². The van der Waals surface area contributed by atoms with Crippen LogP contribution >= 0.6 is 0 Å². The highest BCUT2D eigenvalue weighted by atomic mass is 16.5. The lowest BCUT2D eigenvalue weighted by Crippen LogP contribution is -2.38. The van der Waals surface area contributed by atoms with Crippen LogP contribution in [0.5, 0.6) is 5.75 Å². The summed E-state index contributed by atoms with van der Waals surface area (Å²) in [6, 6.07) is 5.77. The first-order valence-corrected chi connectivity index (χ1v) is 4.99. The Morgan fingerprint density at radius 2 is 2.24 bits per heavy atom. The Kier molecular flexibility index (Phi) is 4.47. The molecule has 4 N–H and O–H groups in total. The molecule has 1 aromatic carbocycles. The van der Waals surface area contributed by atoms with Gasteiger partial charge in [-0.2, -0.15) is 0 Å². The molecule has 0 saturated carbocycles. The number of benzene rings is 1. The van der Waals surface area contributed by atoms with Crippen molar-refractivity contribution in [3.05, 3.63) is 29.8 Å². The molecule has 6 heteroatoms. The number of primary amides is 1. The molecule has 0 radical (unpaired) electrons. The summed E-state index contributed by atoms with van der Waals surface area (Å²) in [5.74, 6) is -0.192. The smallest absolute Gasteiger partial charge is 0.318 e. The zero-order valence-electron chi connectivity index (χ0n) is 9.34. The lowest BCUT2D eigenvalue weighted by Gasteiger charge is -2.08. The van der Waals surface area contributed by atoms with Gasteiger partial charge in [-0.1, -0.05) is 12.1 Å². The van der Waals surface area contributed by atoms with Crippen molar-refractivity contribution in [2.45, 2.75) is 13.0 Å². The lowest BCUT2D eigenvalue weighted by molar-refractivity contribution is -0.121. The third-order valence-electron chi connectivity index (χ3n) is 1.97. The second-order valence-electron chi connectivity index (χ2n) is 3.45. The molecule has 0 heterocycles. The number of aliphatic hydroxyl groups excluding tert-OH is 1. The first-order chi connectivity index (χ1) is 7.99. The minimum atomic E-state index is -0.920. The molecule has 0 saturated heterocycles. The van der Waals surface area contributed by atoms with Crippen molar-refractivity contribution < 1.29 is 19.4 Å². The maximum absolute atomic E-state index is 11.1. The second-order valence-corrected chi connectivity index (χ2v) is 3.45. The van der Waals surface area contributed by atoms with Crippen LogP contribution in [-0.4, -0.2) is 23.7 Å². The minimum absolute atomic E-state index is 0.313. The van der Waals surface area contributed by atoms with Gasteiger partial charge in [-0.05, 0) is 24.6 Å². The molecule has 0 bridgehead atoms. The van der Waals surface area contributed by atoms with Crippen molar-refractivity contribution in [3.8, 4) is 5.75 Å². The average Bonchev–Trinajstić information content (AvgIpc) is 2.26. The number of carbonyl (C=O) groups is 2. The number of aliphatic hydroxyl groups is 1. The normalized spacial score (nSPS) is 11.6. The summed E-state index contributed by atoms with van der Waals surface area (Å²) in [5.41, 5.74) is 5.45. The summed E-state index contributed by atoms with van der Waals surface area (Å²) in [4.78, 5) is 21.4. The predicted molar refractivity (Wildman–Crippen MR) is 60.3 cm³/mol. The average molecular weight is 238 g/mol. The van der Waals surface area contributed by atoms with Gasteiger partial charge in [0.15, 0.2) is 6.61 Å². The Balaban J connectivity index is 2.54. The fourth-order valence-corrected chi connectivity index (χ4v) is 1.19. The van der Waals surface area contributed by atoms with Crippen molar-refractivity contribution in [1.29, 1.82) is 0 Å². The van der Waals surface area contributed by atoms with E-state index in [4.69, 9.17) is 10.5 Å². The summed E-state index contributed by atoms with van der Waals surface area (Å²) in [7, 11) is 0. The standard InChI is InChI=1S/C11H14N2O4/c1-7(14)8-3-2-4-9(5-8)17-6-10(15)13-11(12)16/h2-5,7,14H,6H2,1H3,(H3,12,13,15,16). The summed E-state index contributed by atoms with van der Waals surface area (Å²) >= 11 is 0. The molecule has 0 aliphatic rings. The molecule has 3 amide bonds. The van der Waals surface area contributed by atoms with Gasteiger partial charge in [0.25, 0.3) is 5.91 Å². The first kappa shape index (κ1) is 13.0. The summed E-state index contributed by atoms with van der Waals surface area (Å²) in [6.07, 6.45) is -0.613. The number of hydrogen-bond acceptors (Lipinski definition) is 4. The van der Waals surface area contributed by atoms with Crippen molar-refractivity contribution >= 4 is 11.9 Å². The van der Waals surface area contributed by atoms with Gasteiger partial charge in [0.1, 0.15) is 5.75 Å². The number of ether oxygens (including phenoxy) is 1. The number of nitrogens with one attached hydrogen (secondary N) is 1. The number of carbonyl (C=O) groups excluding carboxylic acids is 2. The van der Waals surface area contributed by atoms with Crippen LogP contribution in [0.2, 0.25) is 0 Å². The third-order valence-corrected chi connectivity index (χ3v) is 1.97. The highest BCUT2D eigenvalue weighted by molar-refractivity contribution is 5.94. The third kappa shape index (κ3) is 4.52. The van der Waals surface area contributed by atoms with E-state index >= 15 is 0 Å². The number of urea groups is 1. The zero-order valence-corrected chi connectivity index (χ0v) is 9.34. The van der Waals surface area contributed by atoms with Gasteiger partial charge >= 0.3 is 6.03 Å². The van der Waals surface area contributed by atoms with E-state index in [2.05, 4.69) is 0 Å². The zero-order chi connectivity index (χ0) is 12.8. The van der Waals surface area contributed by atoms with Gasteiger partial charge in [-0.25, -0.2) is 4.79 Å². The van der Waals surface area contributed by atoms with E-state index in [1.165, 1.54) is 0 Å². The van der Waals surface area contributed by atoms with Crippen LogP contribution in [0.4, 0.5) is 4.79 Å². The Morgan fingerprint density at radius 3 is 2.82 bits per heavy atom. The van der Waals surface area contributed by atoms with E-state index < -0.39 is 18.0 Å². The van der Waals surface area contributed by atoms with Crippen LogP contribution in [-0.2, 0) is 4.79 Å². The maximum atomic E-state index is 11.1. The number of imide groups is 1. The molecule has 92 valence electrons. The number of nitrogens with two attached hydrogens (primary N) is 1. The SMILES string of the molecule is CC(O)c1cccc(OCC(=O)NC(N)=O)c1. The largest absolute Gasteiger partial charge is 0.484 e. The van der Waals surface area contributed by atoms with Crippen LogP contribution in [0.25, 0.3) is 0 Å². The Hall–Kier alpha value is -2.08. The number of rotatable bonds is 4. The molecule has 1 rings (SSSR count). The lowest BCUT2D eigenvalue weighted by atomic mass is 10.1. The van der Waals surface area contributed by atoms with Gasteiger partial charge in [0.05, 0.1) is 6.10 Å². The van der Waals surface area contributed by atoms with Gasteiger partial charge in [-0.15, -0.1) is 0 Å². The molecular formula is C11H14N2O4. The molecule has 0 aliphatic heterocycles. The molecule has 6 nitrogen and oxygen atoms in total. The first-order valence-electron chi connectivity index (χ1n) is 4.99. The molecule has 0 aliphatic carbocycles. The molecule has 1 unspecified atom stereocenters. The van der Waals surface area contributed by atoms with Crippen molar-refractivity contribution in [2.75, 3.05) is 6.61 Å². The van der Waals surface area contributed by atoms with Crippen LogP contribution in [0.3, 0.4) is 0 Å². The molecule has 1 atom stereocenters. The topological polar surface area (TPSA) is 102 Å². The molecule has 1 aromatic rings. The van der Waals surface area contributed by atoms with Crippen LogP contribution in [0.1, 0.15) is 18.6 Å². The highest BCUT2D eigenvalue weighted by Gasteiger charge is 2.06. The van der Waals surface area contributed by atoms with E-state index in [1.807, 2.05) is 5.32 Å². The van der Waals surface area contributed by atoms with Crippen molar-refractivity contribution in [3.63, 3.8) is 0 Å². The number of amides is 3. The fourth-order valence-electron chi connectivity index (χ4n) is 1.19. The molecule has 0 aromatic heterocycles. The maximum Gasteiger partial charge on any atom is 0.318 e. The minimum Gasteiger partial charge on any atom is -0.484 e. The molecule has 0 spiro atoms. The predicted octanol–water partition coefficient (Wildman–Crippen LogP) is 0.314. The Labute approximate surface area is 98.4 Å². The number of hydrogen-bond donors (Lipinski definition) is 3. The van der Waals surface area contributed by atoms with Crippen molar-refractivity contribution in [2.24, 2.45) is 5.73 Å². The monoisotopic (exact) mass is 238 g/mol. The van der Waals surface area contributed by atoms with Gasteiger partial charge in [0.2, 0.25) is 0 Å². The summed E-state index contributed by atoms with van der Waals surface area (Å²) < 4.78 is 5.13. The van der Waals surface area contributed by atoms with E-state index in [0.29, 0.717) is 11.3 Å². The fraction of sp³-hybridized carbons (Fsp3) is 0.273. The Bertz CT molecular complexity index is 418. The van der Waals surface area contributed by atoms with E-state index in [0.717, 1.165) is 0 Å². The molecule has 0 fully saturated rings. The quantitative estimate of drug-likeness (QED) is 0.702. The summed E-state index contributed by atoms with van der Waals surface area (Å²) in [6.45, 7) is 1.31. The van der Waals surface area contributed by atoms with Crippen molar-refractivity contribution in [1.82, 2.24) is 5.32 Å². The molecule has 17 heavy (non-hydrogen) atoms. The van der Waals surface area contributed by atoms with Crippen LogP contribution in [0.15, 0.2) is 24.3 Å². The van der Waals surface area contributed by atoms with Gasteiger partial charge < -0.3 is 15.6 Å². The molecular weight excluding hydrogens is 224 g/mol. The van der Waals surface area contributed by atoms with Crippen LogP contribution < -0.4 is 15.8 Å². The van der Waals surface area contributed by atoms with E-state index in [9.17, 15) is 14.7 Å².